The highest BCUT2D eigenvalue weighted by Gasteiger charge is 2.15. The smallest absolute Gasteiger partial charge is 0.387 e. The van der Waals surface area contributed by atoms with E-state index in [1.165, 1.54) is 12.1 Å². The second-order valence-electron chi connectivity index (χ2n) is 3.46. The molecule has 0 fully saturated rings. The van der Waals surface area contributed by atoms with Gasteiger partial charge in [-0.2, -0.15) is 14.0 Å². The maximum Gasteiger partial charge on any atom is 0.387 e. The van der Waals surface area contributed by atoms with E-state index in [1.54, 1.807) is 13.0 Å². The lowest BCUT2D eigenvalue weighted by Gasteiger charge is -2.11. The molecule has 1 rings (SSSR count). The standard InChI is InChI=1S/C12H11F2NO3S/c1-2-17-10(16)5-7-3-8(6-15)11(19)9(4-7)18-12(13)14/h3-4,12,19H,2,5H2,1H3. The van der Waals surface area contributed by atoms with Crippen molar-refractivity contribution < 1.29 is 23.0 Å². The van der Waals surface area contributed by atoms with E-state index in [-0.39, 0.29) is 29.2 Å². The fourth-order valence-corrected chi connectivity index (χ4v) is 1.65. The summed E-state index contributed by atoms with van der Waals surface area (Å²) >= 11 is 3.95. The van der Waals surface area contributed by atoms with Crippen LogP contribution in [0.3, 0.4) is 0 Å². The minimum atomic E-state index is -3.03. The Bertz CT molecular complexity index is 514. The van der Waals surface area contributed by atoms with Crippen LogP contribution in [0.1, 0.15) is 18.1 Å². The van der Waals surface area contributed by atoms with E-state index < -0.39 is 12.6 Å². The fourth-order valence-electron chi connectivity index (χ4n) is 1.42. The van der Waals surface area contributed by atoms with Crippen molar-refractivity contribution in [3.63, 3.8) is 0 Å². The van der Waals surface area contributed by atoms with E-state index in [2.05, 4.69) is 17.4 Å². The Morgan fingerprint density at radius 1 is 1.53 bits per heavy atom. The van der Waals surface area contributed by atoms with Crippen molar-refractivity contribution in [2.24, 2.45) is 0 Å². The van der Waals surface area contributed by atoms with Gasteiger partial charge < -0.3 is 9.47 Å². The number of alkyl halides is 2. The van der Waals surface area contributed by atoms with Crippen LogP contribution in [0.2, 0.25) is 0 Å². The first-order chi connectivity index (χ1) is 8.97. The van der Waals surface area contributed by atoms with Crippen LogP contribution in [-0.2, 0) is 16.0 Å². The summed E-state index contributed by atoms with van der Waals surface area (Å²) in [7, 11) is 0. The van der Waals surface area contributed by atoms with Crippen LogP contribution < -0.4 is 4.74 Å². The molecule has 0 N–H and O–H groups in total. The van der Waals surface area contributed by atoms with E-state index >= 15 is 0 Å². The van der Waals surface area contributed by atoms with E-state index in [0.29, 0.717) is 5.56 Å². The summed E-state index contributed by atoms with van der Waals surface area (Å²) in [5.74, 6) is -0.752. The molecule has 102 valence electrons. The SMILES string of the molecule is CCOC(=O)Cc1cc(C#N)c(S)c(OC(F)F)c1. The van der Waals surface area contributed by atoms with Gasteiger partial charge in [0.15, 0.2) is 0 Å². The molecule has 0 saturated carbocycles. The number of esters is 1. The van der Waals surface area contributed by atoms with E-state index in [1.807, 2.05) is 0 Å². The Morgan fingerprint density at radius 2 is 2.21 bits per heavy atom. The molecule has 0 aliphatic carbocycles. The summed E-state index contributed by atoms with van der Waals surface area (Å²) in [6.07, 6.45) is -0.129. The largest absolute Gasteiger partial charge is 0.466 e. The fraction of sp³-hybridized carbons (Fsp3) is 0.333. The number of rotatable bonds is 5. The van der Waals surface area contributed by atoms with Gasteiger partial charge in [0.2, 0.25) is 0 Å². The molecule has 0 atom stereocenters. The lowest BCUT2D eigenvalue weighted by atomic mass is 10.1. The minimum Gasteiger partial charge on any atom is -0.466 e. The van der Waals surface area contributed by atoms with Crippen molar-refractivity contribution in [2.75, 3.05) is 6.61 Å². The minimum absolute atomic E-state index is 0.00964. The topological polar surface area (TPSA) is 59.3 Å². The van der Waals surface area contributed by atoms with Crippen molar-refractivity contribution in [1.29, 1.82) is 5.26 Å². The molecule has 1 aromatic rings. The number of nitriles is 1. The molecule has 0 amide bonds. The molecular weight excluding hydrogens is 276 g/mol. The number of halogens is 2. The zero-order valence-corrected chi connectivity index (χ0v) is 10.9. The van der Waals surface area contributed by atoms with Gasteiger partial charge in [0.25, 0.3) is 0 Å². The number of thiol groups is 1. The van der Waals surface area contributed by atoms with Gasteiger partial charge in [0.1, 0.15) is 11.8 Å². The predicted molar refractivity (Wildman–Crippen MR) is 65.4 cm³/mol. The molecule has 0 unspecified atom stereocenters. The maximum atomic E-state index is 12.2. The predicted octanol–water partition coefficient (Wildman–Crippen LogP) is 2.55. The first-order valence-electron chi connectivity index (χ1n) is 5.34. The molecule has 7 heteroatoms. The summed E-state index contributed by atoms with van der Waals surface area (Å²) in [5, 5.41) is 8.88. The first-order valence-corrected chi connectivity index (χ1v) is 5.79. The normalized spacial score (nSPS) is 10.1. The van der Waals surface area contributed by atoms with Crippen LogP contribution in [0.5, 0.6) is 5.75 Å². The van der Waals surface area contributed by atoms with Gasteiger partial charge in [0.05, 0.1) is 23.5 Å². The van der Waals surface area contributed by atoms with E-state index in [0.717, 1.165) is 0 Å². The molecule has 0 bridgehead atoms. The number of carbonyl (C=O) groups excluding carboxylic acids is 1. The number of ether oxygens (including phenoxy) is 2. The van der Waals surface area contributed by atoms with E-state index in [9.17, 15) is 13.6 Å². The van der Waals surface area contributed by atoms with Gasteiger partial charge >= 0.3 is 12.6 Å². The Kier molecular flexibility index (Phi) is 5.57. The van der Waals surface area contributed by atoms with Crippen molar-refractivity contribution in [1.82, 2.24) is 0 Å². The van der Waals surface area contributed by atoms with Gasteiger partial charge in [-0.1, -0.05) is 0 Å². The van der Waals surface area contributed by atoms with Crippen molar-refractivity contribution >= 4 is 18.6 Å². The number of benzene rings is 1. The van der Waals surface area contributed by atoms with Crippen LogP contribution in [0.4, 0.5) is 8.78 Å². The molecule has 0 heterocycles. The maximum absolute atomic E-state index is 12.2. The average molecular weight is 287 g/mol. The van der Waals surface area contributed by atoms with Crippen LogP contribution in [0.15, 0.2) is 17.0 Å². The quantitative estimate of drug-likeness (QED) is 0.668. The average Bonchev–Trinajstić information content (AvgIpc) is 2.32. The molecule has 4 nitrogen and oxygen atoms in total. The van der Waals surface area contributed by atoms with Crippen molar-refractivity contribution in [3.8, 4) is 11.8 Å². The Morgan fingerprint density at radius 3 is 2.74 bits per heavy atom. The summed E-state index contributed by atoms with van der Waals surface area (Å²) < 4.78 is 33.4. The molecular formula is C12H11F2NO3S. The Balaban J connectivity index is 3.06. The Labute approximate surface area is 114 Å². The third-order valence-corrected chi connectivity index (χ3v) is 2.59. The molecule has 0 aromatic heterocycles. The molecule has 0 aliphatic rings. The van der Waals surface area contributed by atoms with Crippen LogP contribution in [-0.4, -0.2) is 19.2 Å². The first kappa shape index (κ1) is 15.2. The van der Waals surface area contributed by atoms with Crippen LogP contribution in [0.25, 0.3) is 0 Å². The summed E-state index contributed by atoms with van der Waals surface area (Å²) in [6, 6.07) is 4.43. The van der Waals surface area contributed by atoms with Crippen LogP contribution >= 0.6 is 12.6 Å². The number of carbonyl (C=O) groups is 1. The molecule has 0 spiro atoms. The van der Waals surface area contributed by atoms with Gasteiger partial charge in [-0.3, -0.25) is 4.79 Å². The van der Waals surface area contributed by atoms with Crippen LogP contribution in [0, 0.1) is 11.3 Å². The monoisotopic (exact) mass is 287 g/mol. The molecule has 0 saturated heterocycles. The highest BCUT2D eigenvalue weighted by molar-refractivity contribution is 7.80. The zero-order valence-electron chi connectivity index (χ0n) is 10.0. The number of nitrogens with zero attached hydrogens (tertiary/aromatic N) is 1. The Hall–Kier alpha value is -1.81. The second-order valence-corrected chi connectivity index (χ2v) is 3.91. The van der Waals surface area contributed by atoms with E-state index in [4.69, 9.17) is 10.00 Å². The van der Waals surface area contributed by atoms with Gasteiger partial charge in [-0.05, 0) is 24.6 Å². The molecule has 1 aromatic carbocycles. The molecule has 0 radical (unpaired) electrons. The van der Waals surface area contributed by atoms with Gasteiger partial charge in [-0.25, -0.2) is 0 Å². The number of hydrogen-bond acceptors (Lipinski definition) is 5. The van der Waals surface area contributed by atoms with Gasteiger partial charge in [-0.15, -0.1) is 12.6 Å². The van der Waals surface area contributed by atoms with Gasteiger partial charge in [0, 0.05) is 0 Å². The second kappa shape index (κ2) is 6.95. The lowest BCUT2D eigenvalue weighted by molar-refractivity contribution is -0.142. The highest BCUT2D eigenvalue weighted by atomic mass is 32.1. The zero-order chi connectivity index (χ0) is 14.4. The van der Waals surface area contributed by atoms with Crippen molar-refractivity contribution in [3.05, 3.63) is 23.3 Å². The molecule has 19 heavy (non-hydrogen) atoms. The molecule has 0 aliphatic heterocycles. The van der Waals surface area contributed by atoms with Crippen molar-refractivity contribution in [2.45, 2.75) is 24.9 Å². The third kappa shape index (κ3) is 4.41. The lowest BCUT2D eigenvalue weighted by Crippen LogP contribution is -2.09. The summed E-state index contributed by atoms with van der Waals surface area (Å²) in [4.78, 5) is 11.3. The summed E-state index contributed by atoms with van der Waals surface area (Å²) in [5.41, 5.74) is 0.407. The highest BCUT2D eigenvalue weighted by Crippen LogP contribution is 2.29. The third-order valence-electron chi connectivity index (χ3n) is 2.13. The number of hydrogen-bond donors (Lipinski definition) is 1. The summed E-state index contributed by atoms with van der Waals surface area (Å²) in [6.45, 7) is -1.16.